The highest BCUT2D eigenvalue weighted by Crippen LogP contribution is 2.19. The Morgan fingerprint density at radius 1 is 1.25 bits per heavy atom. The summed E-state index contributed by atoms with van der Waals surface area (Å²) >= 11 is 0. The number of aryl methyl sites for hydroxylation is 1. The second kappa shape index (κ2) is 5.26. The molecule has 0 aliphatic carbocycles. The Morgan fingerprint density at radius 2 is 2.05 bits per heavy atom. The molecule has 20 heavy (non-hydrogen) atoms. The highest BCUT2D eigenvalue weighted by molar-refractivity contribution is 5.46. The third-order valence-corrected chi connectivity index (χ3v) is 2.96. The van der Waals surface area contributed by atoms with Crippen LogP contribution in [0, 0.1) is 0 Å². The first-order valence-corrected chi connectivity index (χ1v) is 6.28. The fourth-order valence-electron chi connectivity index (χ4n) is 1.93. The van der Waals surface area contributed by atoms with Crippen LogP contribution in [0.25, 0.3) is 11.5 Å². The molecule has 0 radical (unpaired) electrons. The molecule has 6 heteroatoms. The Bertz CT molecular complexity index is 690. The summed E-state index contributed by atoms with van der Waals surface area (Å²) < 4.78 is 6.82. The van der Waals surface area contributed by atoms with Crippen LogP contribution in [-0.2, 0) is 13.5 Å². The summed E-state index contributed by atoms with van der Waals surface area (Å²) in [6.07, 6.45) is 1.43. The van der Waals surface area contributed by atoms with Crippen molar-refractivity contribution in [2.24, 2.45) is 7.05 Å². The molecule has 2 heterocycles. The van der Waals surface area contributed by atoms with E-state index in [4.69, 9.17) is 4.52 Å². The summed E-state index contributed by atoms with van der Waals surface area (Å²) in [5, 5.41) is 18.2. The number of benzene rings is 1. The second-order valence-corrected chi connectivity index (χ2v) is 4.52. The average molecular weight is 270 g/mol. The molecule has 0 amide bonds. The van der Waals surface area contributed by atoms with Gasteiger partial charge in [0.05, 0.1) is 12.5 Å². The molecule has 3 aromatic rings. The van der Waals surface area contributed by atoms with Gasteiger partial charge in [0.2, 0.25) is 11.7 Å². The van der Waals surface area contributed by atoms with Gasteiger partial charge in [-0.3, -0.25) is 4.68 Å². The SMILES string of the molecule is Cn1ccc(-c2noc(CC(O)c3ccccc3)n2)n1. The van der Waals surface area contributed by atoms with Crippen LogP contribution in [0.1, 0.15) is 17.6 Å². The molecule has 6 nitrogen and oxygen atoms in total. The number of aliphatic hydroxyl groups excluding tert-OH is 1. The predicted octanol–water partition coefficient (Wildman–Crippen LogP) is 1.75. The molecular formula is C14H14N4O2. The van der Waals surface area contributed by atoms with Crippen LogP contribution < -0.4 is 0 Å². The van der Waals surface area contributed by atoms with Crippen LogP contribution in [0.2, 0.25) is 0 Å². The minimum atomic E-state index is -0.659. The van der Waals surface area contributed by atoms with E-state index in [0.29, 0.717) is 17.4 Å². The number of hydrogen-bond donors (Lipinski definition) is 1. The summed E-state index contributed by atoms with van der Waals surface area (Å²) in [5.41, 5.74) is 1.47. The number of aliphatic hydroxyl groups is 1. The lowest BCUT2D eigenvalue weighted by molar-refractivity contribution is 0.165. The fraction of sp³-hybridized carbons (Fsp3) is 0.214. The van der Waals surface area contributed by atoms with Crippen molar-refractivity contribution in [3.05, 3.63) is 54.0 Å². The monoisotopic (exact) mass is 270 g/mol. The topological polar surface area (TPSA) is 77.0 Å². The van der Waals surface area contributed by atoms with Gasteiger partial charge in [-0.25, -0.2) is 0 Å². The Kier molecular flexibility index (Phi) is 3.30. The van der Waals surface area contributed by atoms with E-state index in [2.05, 4.69) is 15.2 Å². The zero-order valence-corrected chi connectivity index (χ0v) is 11.0. The van der Waals surface area contributed by atoms with Gasteiger partial charge in [0.15, 0.2) is 0 Å². The third kappa shape index (κ3) is 2.60. The number of hydrogen-bond acceptors (Lipinski definition) is 5. The Balaban J connectivity index is 1.74. The van der Waals surface area contributed by atoms with Gasteiger partial charge in [0, 0.05) is 13.2 Å². The summed E-state index contributed by atoms with van der Waals surface area (Å²) in [6.45, 7) is 0. The fourth-order valence-corrected chi connectivity index (χ4v) is 1.93. The molecule has 1 N–H and O–H groups in total. The van der Waals surface area contributed by atoms with E-state index < -0.39 is 6.10 Å². The molecule has 0 saturated carbocycles. The third-order valence-electron chi connectivity index (χ3n) is 2.96. The Morgan fingerprint density at radius 3 is 2.75 bits per heavy atom. The molecule has 102 valence electrons. The lowest BCUT2D eigenvalue weighted by Gasteiger charge is -2.07. The van der Waals surface area contributed by atoms with Gasteiger partial charge in [-0.15, -0.1) is 0 Å². The van der Waals surface area contributed by atoms with Crippen LogP contribution in [0.15, 0.2) is 47.1 Å². The van der Waals surface area contributed by atoms with Crippen LogP contribution in [0.3, 0.4) is 0 Å². The van der Waals surface area contributed by atoms with Gasteiger partial charge in [-0.05, 0) is 11.6 Å². The molecule has 0 bridgehead atoms. The lowest BCUT2D eigenvalue weighted by atomic mass is 10.1. The van der Waals surface area contributed by atoms with Crippen LogP contribution >= 0.6 is 0 Å². The van der Waals surface area contributed by atoms with E-state index in [-0.39, 0.29) is 6.42 Å². The van der Waals surface area contributed by atoms with Gasteiger partial charge < -0.3 is 9.63 Å². The maximum atomic E-state index is 10.1. The van der Waals surface area contributed by atoms with Gasteiger partial charge in [-0.2, -0.15) is 10.1 Å². The molecule has 2 aromatic heterocycles. The summed E-state index contributed by atoms with van der Waals surface area (Å²) in [5.74, 6) is 0.822. The number of aromatic nitrogens is 4. The summed E-state index contributed by atoms with van der Waals surface area (Å²) in [7, 11) is 1.82. The molecular weight excluding hydrogens is 256 g/mol. The van der Waals surface area contributed by atoms with Crippen molar-refractivity contribution in [1.29, 1.82) is 0 Å². The van der Waals surface area contributed by atoms with Gasteiger partial charge in [0.1, 0.15) is 5.69 Å². The Hall–Kier alpha value is -2.47. The lowest BCUT2D eigenvalue weighted by Crippen LogP contribution is -2.01. The first kappa shape index (κ1) is 12.6. The highest BCUT2D eigenvalue weighted by Gasteiger charge is 2.15. The first-order valence-electron chi connectivity index (χ1n) is 6.28. The molecule has 1 atom stereocenters. The van der Waals surface area contributed by atoms with Crippen molar-refractivity contribution in [1.82, 2.24) is 19.9 Å². The minimum Gasteiger partial charge on any atom is -0.388 e. The predicted molar refractivity (Wildman–Crippen MR) is 71.6 cm³/mol. The van der Waals surface area contributed by atoms with Crippen molar-refractivity contribution < 1.29 is 9.63 Å². The zero-order valence-electron chi connectivity index (χ0n) is 11.0. The van der Waals surface area contributed by atoms with E-state index in [1.54, 1.807) is 4.68 Å². The van der Waals surface area contributed by atoms with Crippen molar-refractivity contribution in [3.8, 4) is 11.5 Å². The van der Waals surface area contributed by atoms with E-state index in [0.717, 1.165) is 5.56 Å². The molecule has 0 fully saturated rings. The zero-order chi connectivity index (χ0) is 13.9. The maximum Gasteiger partial charge on any atom is 0.229 e. The van der Waals surface area contributed by atoms with Crippen molar-refractivity contribution in [2.75, 3.05) is 0 Å². The molecule has 3 rings (SSSR count). The van der Waals surface area contributed by atoms with Crippen LogP contribution in [0.4, 0.5) is 0 Å². The molecule has 0 aliphatic rings. The quantitative estimate of drug-likeness (QED) is 0.781. The molecule has 0 aliphatic heterocycles. The average Bonchev–Trinajstić information content (AvgIpc) is 3.09. The summed E-state index contributed by atoms with van der Waals surface area (Å²) in [4.78, 5) is 4.25. The Labute approximate surface area is 115 Å². The van der Waals surface area contributed by atoms with Crippen molar-refractivity contribution in [3.63, 3.8) is 0 Å². The van der Waals surface area contributed by atoms with Gasteiger partial charge in [-0.1, -0.05) is 35.5 Å². The molecule has 1 aromatic carbocycles. The van der Waals surface area contributed by atoms with E-state index in [1.165, 1.54) is 0 Å². The largest absolute Gasteiger partial charge is 0.388 e. The summed E-state index contributed by atoms with van der Waals surface area (Å²) in [6, 6.07) is 11.2. The van der Waals surface area contributed by atoms with Crippen LogP contribution in [0.5, 0.6) is 0 Å². The second-order valence-electron chi connectivity index (χ2n) is 4.52. The van der Waals surface area contributed by atoms with Crippen molar-refractivity contribution in [2.45, 2.75) is 12.5 Å². The molecule has 0 saturated heterocycles. The van der Waals surface area contributed by atoms with Crippen molar-refractivity contribution >= 4 is 0 Å². The number of rotatable bonds is 4. The standard InChI is InChI=1S/C14H14N4O2/c1-18-8-7-11(16-18)14-15-13(20-17-14)9-12(19)10-5-3-2-4-6-10/h2-8,12,19H,9H2,1H3. The highest BCUT2D eigenvalue weighted by atomic mass is 16.5. The van der Waals surface area contributed by atoms with E-state index >= 15 is 0 Å². The van der Waals surface area contributed by atoms with Gasteiger partial charge in [0.25, 0.3) is 0 Å². The molecule has 1 unspecified atom stereocenters. The van der Waals surface area contributed by atoms with Gasteiger partial charge >= 0.3 is 0 Å². The van der Waals surface area contributed by atoms with Crippen LogP contribution in [-0.4, -0.2) is 25.0 Å². The molecule has 0 spiro atoms. The number of nitrogens with zero attached hydrogens (tertiary/aromatic N) is 4. The van der Waals surface area contributed by atoms with E-state index in [1.807, 2.05) is 49.6 Å². The minimum absolute atomic E-state index is 0.282. The first-order chi connectivity index (χ1) is 9.72. The normalized spacial score (nSPS) is 12.5. The maximum absolute atomic E-state index is 10.1. The smallest absolute Gasteiger partial charge is 0.229 e. The van der Waals surface area contributed by atoms with E-state index in [9.17, 15) is 5.11 Å².